The molecule has 1 aromatic carbocycles. The summed E-state index contributed by atoms with van der Waals surface area (Å²) in [6.45, 7) is 12.7. The number of para-hydroxylation sites is 1. The molecule has 0 fully saturated rings. The molecule has 0 aromatic heterocycles. The van der Waals surface area contributed by atoms with Crippen LogP contribution in [0.3, 0.4) is 0 Å². The van der Waals surface area contributed by atoms with E-state index in [0.717, 1.165) is 39.1 Å². The van der Waals surface area contributed by atoms with Crippen LogP contribution < -0.4 is 4.90 Å². The largest absolute Gasteiger partial charge is 0.389 e. The van der Waals surface area contributed by atoms with Crippen molar-refractivity contribution in [3.05, 3.63) is 29.6 Å². The summed E-state index contributed by atoms with van der Waals surface area (Å²) in [5, 5.41) is 9.86. The minimum Gasteiger partial charge on any atom is -0.389 e. The lowest BCUT2D eigenvalue weighted by Gasteiger charge is -2.28. The molecule has 0 heterocycles. The summed E-state index contributed by atoms with van der Waals surface area (Å²) in [5.41, 5.74) is 1.22. The van der Waals surface area contributed by atoms with Crippen molar-refractivity contribution in [2.75, 3.05) is 37.6 Å². The number of hydrogen-bond donors (Lipinski definition) is 1. The highest BCUT2D eigenvalue weighted by Gasteiger charge is 2.17. The minimum absolute atomic E-state index is 0.252. The van der Waals surface area contributed by atoms with Crippen LogP contribution >= 0.6 is 0 Å². The zero-order valence-corrected chi connectivity index (χ0v) is 13.8. The number of rotatable bonds is 9. The van der Waals surface area contributed by atoms with Crippen molar-refractivity contribution in [1.82, 2.24) is 4.90 Å². The van der Waals surface area contributed by atoms with E-state index in [1.54, 1.807) is 19.1 Å². The molecule has 0 unspecified atom stereocenters. The third-order valence-electron chi connectivity index (χ3n) is 3.96. The van der Waals surface area contributed by atoms with Gasteiger partial charge in [-0.1, -0.05) is 26.0 Å². The summed E-state index contributed by atoms with van der Waals surface area (Å²) >= 11 is 0. The van der Waals surface area contributed by atoms with Crippen LogP contribution in [-0.2, 0) is 0 Å². The Morgan fingerprint density at radius 1 is 1.10 bits per heavy atom. The molecule has 0 radical (unpaired) electrons. The van der Waals surface area contributed by atoms with Gasteiger partial charge in [-0.2, -0.15) is 0 Å². The molecule has 0 saturated heterocycles. The Balaban J connectivity index is 2.81. The highest BCUT2D eigenvalue weighted by atomic mass is 19.1. The van der Waals surface area contributed by atoms with Crippen LogP contribution in [0.2, 0.25) is 0 Å². The van der Waals surface area contributed by atoms with E-state index >= 15 is 0 Å². The van der Waals surface area contributed by atoms with Gasteiger partial charge in [0.05, 0.1) is 11.8 Å². The number of hydrogen-bond acceptors (Lipinski definition) is 3. The quantitative estimate of drug-likeness (QED) is 0.756. The second-order valence-corrected chi connectivity index (χ2v) is 5.31. The Labute approximate surface area is 128 Å². The van der Waals surface area contributed by atoms with Crippen molar-refractivity contribution in [1.29, 1.82) is 0 Å². The predicted molar refractivity (Wildman–Crippen MR) is 87.3 cm³/mol. The first-order valence-corrected chi connectivity index (χ1v) is 7.98. The smallest absolute Gasteiger partial charge is 0.146 e. The number of aliphatic hydroxyl groups excluding tert-OH is 1. The fourth-order valence-electron chi connectivity index (χ4n) is 2.66. The molecular weight excluding hydrogens is 267 g/mol. The number of anilines is 1. The Kier molecular flexibility index (Phi) is 7.68. The average molecular weight is 296 g/mol. The lowest BCUT2D eigenvalue weighted by Crippen LogP contribution is -2.31. The molecule has 0 saturated carbocycles. The maximum atomic E-state index is 14.2. The van der Waals surface area contributed by atoms with E-state index in [1.807, 2.05) is 11.8 Å². The minimum atomic E-state index is -0.660. The zero-order valence-electron chi connectivity index (χ0n) is 13.8. The summed E-state index contributed by atoms with van der Waals surface area (Å²) in [6, 6.07) is 4.93. The highest BCUT2D eigenvalue weighted by molar-refractivity contribution is 5.55. The molecule has 0 spiro atoms. The van der Waals surface area contributed by atoms with Gasteiger partial charge < -0.3 is 14.9 Å². The Morgan fingerprint density at radius 3 is 2.29 bits per heavy atom. The van der Waals surface area contributed by atoms with Gasteiger partial charge in [0.15, 0.2) is 0 Å². The molecule has 4 heteroatoms. The molecule has 0 amide bonds. The number of benzene rings is 1. The molecule has 120 valence electrons. The molecule has 1 rings (SSSR count). The monoisotopic (exact) mass is 296 g/mol. The molecule has 1 N–H and O–H groups in total. The fraction of sp³-hybridized carbons (Fsp3) is 0.647. The normalized spacial score (nSPS) is 12.7. The SMILES string of the molecule is CCN(CC)CCCN(CC)c1c(F)cccc1[C@H](C)O. The van der Waals surface area contributed by atoms with Gasteiger partial charge in [0.1, 0.15) is 5.82 Å². The van der Waals surface area contributed by atoms with E-state index in [0.29, 0.717) is 11.3 Å². The summed E-state index contributed by atoms with van der Waals surface area (Å²) in [7, 11) is 0. The van der Waals surface area contributed by atoms with Gasteiger partial charge in [-0.3, -0.25) is 0 Å². The van der Waals surface area contributed by atoms with Crippen LogP contribution in [-0.4, -0.2) is 42.7 Å². The molecule has 21 heavy (non-hydrogen) atoms. The van der Waals surface area contributed by atoms with Gasteiger partial charge in [-0.25, -0.2) is 4.39 Å². The second-order valence-electron chi connectivity index (χ2n) is 5.31. The molecule has 1 atom stereocenters. The van der Waals surface area contributed by atoms with Crippen molar-refractivity contribution < 1.29 is 9.50 Å². The average Bonchev–Trinajstić information content (AvgIpc) is 2.48. The van der Waals surface area contributed by atoms with Gasteiger partial charge in [0, 0.05) is 18.7 Å². The van der Waals surface area contributed by atoms with Gasteiger partial charge >= 0.3 is 0 Å². The fourth-order valence-corrected chi connectivity index (χ4v) is 2.66. The lowest BCUT2D eigenvalue weighted by molar-refractivity contribution is 0.199. The van der Waals surface area contributed by atoms with Crippen LogP contribution in [0.25, 0.3) is 0 Å². The van der Waals surface area contributed by atoms with Crippen LogP contribution in [0.15, 0.2) is 18.2 Å². The van der Waals surface area contributed by atoms with Crippen molar-refractivity contribution in [3.63, 3.8) is 0 Å². The molecule has 3 nitrogen and oxygen atoms in total. The Morgan fingerprint density at radius 2 is 1.76 bits per heavy atom. The molecule has 0 aliphatic heterocycles. The molecule has 1 aromatic rings. The van der Waals surface area contributed by atoms with Crippen LogP contribution in [0.1, 0.15) is 45.8 Å². The number of aliphatic hydroxyl groups is 1. The summed E-state index contributed by atoms with van der Waals surface area (Å²) < 4.78 is 14.2. The van der Waals surface area contributed by atoms with Gasteiger partial charge in [0.2, 0.25) is 0 Å². The maximum absolute atomic E-state index is 14.2. The molecule has 0 aliphatic rings. The molecule has 0 aliphatic carbocycles. The summed E-state index contributed by atoms with van der Waals surface area (Å²) in [6.07, 6.45) is 0.329. The van der Waals surface area contributed by atoms with Crippen molar-refractivity contribution in [2.45, 2.75) is 40.2 Å². The molecule has 0 bridgehead atoms. The van der Waals surface area contributed by atoms with Gasteiger partial charge in [-0.05, 0) is 46.0 Å². The Hall–Kier alpha value is -1.13. The van der Waals surface area contributed by atoms with E-state index in [9.17, 15) is 9.50 Å². The van der Waals surface area contributed by atoms with E-state index < -0.39 is 6.10 Å². The zero-order chi connectivity index (χ0) is 15.8. The van der Waals surface area contributed by atoms with E-state index in [2.05, 4.69) is 18.7 Å². The topological polar surface area (TPSA) is 26.7 Å². The van der Waals surface area contributed by atoms with Crippen LogP contribution in [0, 0.1) is 5.82 Å². The third kappa shape index (κ3) is 4.97. The van der Waals surface area contributed by atoms with Gasteiger partial charge in [0.25, 0.3) is 0 Å². The Bertz CT molecular complexity index is 419. The molecular formula is C17H29FN2O. The standard InChI is InChI=1S/C17H29FN2O/c1-5-19(6-2)12-9-13-20(7-3)17-15(14(4)21)10-8-11-16(17)18/h8,10-11,14,21H,5-7,9,12-13H2,1-4H3/t14-/m0/s1. The van der Waals surface area contributed by atoms with E-state index in [-0.39, 0.29) is 5.82 Å². The second kappa shape index (κ2) is 9.00. The first kappa shape index (κ1) is 17.9. The number of nitrogens with zero attached hydrogens (tertiary/aromatic N) is 2. The summed E-state index contributed by atoms with van der Waals surface area (Å²) in [4.78, 5) is 4.39. The van der Waals surface area contributed by atoms with Crippen molar-refractivity contribution in [3.8, 4) is 0 Å². The van der Waals surface area contributed by atoms with Crippen molar-refractivity contribution >= 4 is 5.69 Å². The van der Waals surface area contributed by atoms with Crippen LogP contribution in [0.4, 0.5) is 10.1 Å². The third-order valence-corrected chi connectivity index (χ3v) is 3.96. The van der Waals surface area contributed by atoms with Crippen molar-refractivity contribution in [2.24, 2.45) is 0 Å². The van der Waals surface area contributed by atoms with Crippen LogP contribution in [0.5, 0.6) is 0 Å². The van der Waals surface area contributed by atoms with E-state index in [1.165, 1.54) is 6.07 Å². The summed E-state index contributed by atoms with van der Waals surface area (Å²) in [5.74, 6) is -0.252. The number of halogens is 1. The van der Waals surface area contributed by atoms with E-state index in [4.69, 9.17) is 0 Å². The van der Waals surface area contributed by atoms with Gasteiger partial charge in [-0.15, -0.1) is 0 Å². The highest BCUT2D eigenvalue weighted by Crippen LogP contribution is 2.29. The maximum Gasteiger partial charge on any atom is 0.146 e. The predicted octanol–water partition coefficient (Wildman–Crippen LogP) is 3.44. The first-order chi connectivity index (χ1) is 10.0. The first-order valence-electron chi connectivity index (χ1n) is 7.98. The lowest BCUT2D eigenvalue weighted by atomic mass is 10.1.